The first-order valence-electron chi connectivity index (χ1n) is 15.2. The number of carbonyl (C=O) groups is 1. The van der Waals surface area contributed by atoms with Crippen LogP contribution in [-0.4, -0.2) is 90.9 Å². The molecule has 2 aromatic heterocycles. The van der Waals surface area contributed by atoms with E-state index in [1.165, 1.54) is 10.6 Å². The normalized spacial score (nSPS) is 21.1. The van der Waals surface area contributed by atoms with Crippen molar-refractivity contribution < 1.29 is 28.8 Å². The van der Waals surface area contributed by atoms with Gasteiger partial charge in [-0.2, -0.15) is 0 Å². The van der Waals surface area contributed by atoms with Crippen molar-refractivity contribution in [3.63, 3.8) is 0 Å². The second kappa shape index (κ2) is 17.8. The number of aromatic nitrogens is 3. The van der Waals surface area contributed by atoms with Crippen molar-refractivity contribution in [2.24, 2.45) is 7.05 Å². The van der Waals surface area contributed by atoms with Crippen molar-refractivity contribution in [2.75, 3.05) is 55.5 Å². The second-order valence-electron chi connectivity index (χ2n) is 11.8. The number of hydrogen-bond acceptors (Lipinski definition) is 9. The van der Waals surface area contributed by atoms with Crippen LogP contribution in [0.2, 0.25) is 0 Å². The standard InChI is InChI=1S/C31H41F2N7O2.CH3F.CH2O.FH.H2/c1-19-14-39(15-20(2)38(19)6)29-11-26(33)25(10-28(29)35-13-24-18-37(5)30(41)9-23(24)12-32)27-7-8-34-31(36-27)40-16-21(3)42-22(4)17-40;2*1-2;;/h7-11,18-22,35H,12-17H2,1-6H3;1H3;1H2;2*1H/t19-,20?,21-,22+;;;;/m0..../s1. The lowest BCUT2D eigenvalue weighted by atomic mass is 10.0. The summed E-state index contributed by atoms with van der Waals surface area (Å²) in [5, 5.41) is 3.44. The lowest BCUT2D eigenvalue weighted by molar-refractivity contribution is -0.0980. The maximum absolute atomic E-state index is 16.0. The zero-order valence-corrected chi connectivity index (χ0v) is 28.2. The first-order chi connectivity index (χ1) is 22.0. The van der Waals surface area contributed by atoms with Gasteiger partial charge in [0, 0.05) is 77.3 Å². The van der Waals surface area contributed by atoms with Gasteiger partial charge in [0.15, 0.2) is 0 Å². The van der Waals surface area contributed by atoms with E-state index in [9.17, 15) is 13.6 Å². The highest BCUT2D eigenvalue weighted by Gasteiger charge is 2.29. The Morgan fingerprint density at radius 2 is 1.60 bits per heavy atom. The number of ether oxygens (including phenoxy) is 1. The van der Waals surface area contributed by atoms with Crippen molar-refractivity contribution in [1.29, 1.82) is 0 Å². The van der Waals surface area contributed by atoms with Crippen LogP contribution >= 0.6 is 0 Å². The molecular formula is C33H49F4N7O3. The highest BCUT2D eigenvalue weighted by molar-refractivity contribution is 5.78. The molecule has 2 fully saturated rings. The number of aryl methyl sites for hydroxylation is 1. The topological polar surface area (TPSA) is 95.8 Å². The number of morpholine rings is 1. The van der Waals surface area contributed by atoms with Crippen LogP contribution in [0.1, 0.15) is 40.2 Å². The smallest absolute Gasteiger partial charge is 0.250 e. The largest absolute Gasteiger partial charge is 0.379 e. The Morgan fingerprint density at radius 3 is 2.19 bits per heavy atom. The van der Waals surface area contributed by atoms with Crippen LogP contribution in [0.15, 0.2) is 41.5 Å². The number of hydrogen-bond donors (Lipinski definition) is 1. The summed E-state index contributed by atoms with van der Waals surface area (Å²) in [6.07, 6.45) is 3.38. The molecule has 1 unspecified atom stereocenters. The number of pyridine rings is 1. The molecule has 0 saturated carbocycles. The molecule has 0 amide bonds. The SMILES string of the molecule is C=O.CC1CN(c2cc(F)c(-c3ccnc(N4C[C@@H](C)O[C@@H](C)C4)n3)cc2NCc2cn(C)c(=O)cc2CF)C[C@H](C)N1C.CF.F.[HH]. The minimum atomic E-state index is -0.745. The number of rotatable bonds is 7. The Morgan fingerprint density at radius 1 is 0.979 bits per heavy atom. The molecule has 2 aliphatic rings. The van der Waals surface area contributed by atoms with E-state index in [1.807, 2.05) is 20.6 Å². The molecule has 0 aliphatic carbocycles. The Labute approximate surface area is 275 Å². The Balaban J connectivity index is 0.00000185. The molecule has 2 aliphatic heterocycles. The van der Waals surface area contributed by atoms with Crippen molar-refractivity contribution >= 4 is 24.1 Å². The van der Waals surface area contributed by atoms with Gasteiger partial charge in [0.1, 0.15) is 19.3 Å². The predicted molar refractivity (Wildman–Crippen MR) is 181 cm³/mol. The summed E-state index contributed by atoms with van der Waals surface area (Å²) < 4.78 is 46.6. The average molecular weight is 668 g/mol. The number of benzene rings is 1. The van der Waals surface area contributed by atoms with E-state index < -0.39 is 6.67 Å². The summed E-state index contributed by atoms with van der Waals surface area (Å²) in [5.41, 5.74) is 3.01. The Hall–Kier alpha value is -4.04. The zero-order valence-electron chi connectivity index (χ0n) is 28.2. The first-order valence-corrected chi connectivity index (χ1v) is 15.2. The number of nitrogens with one attached hydrogen (secondary N) is 1. The second-order valence-corrected chi connectivity index (χ2v) is 11.8. The van der Waals surface area contributed by atoms with E-state index >= 15 is 4.39 Å². The van der Waals surface area contributed by atoms with Gasteiger partial charge in [-0.3, -0.25) is 18.8 Å². The van der Waals surface area contributed by atoms with Crippen LogP contribution in [0.5, 0.6) is 0 Å². The third-order valence-corrected chi connectivity index (χ3v) is 8.43. The maximum Gasteiger partial charge on any atom is 0.250 e. The molecule has 0 radical (unpaired) electrons. The number of piperazine rings is 1. The van der Waals surface area contributed by atoms with Crippen LogP contribution in [0.3, 0.4) is 0 Å². The molecule has 1 aromatic carbocycles. The van der Waals surface area contributed by atoms with Crippen LogP contribution in [0.25, 0.3) is 11.3 Å². The van der Waals surface area contributed by atoms with Gasteiger partial charge in [-0.15, -0.1) is 0 Å². The number of alkyl halides is 2. The van der Waals surface area contributed by atoms with Gasteiger partial charge in [0.25, 0.3) is 5.56 Å². The minimum Gasteiger partial charge on any atom is -0.379 e. The van der Waals surface area contributed by atoms with E-state index in [4.69, 9.17) is 14.5 Å². The van der Waals surface area contributed by atoms with Crippen LogP contribution in [0.4, 0.5) is 35.2 Å². The minimum absolute atomic E-state index is 0. The molecule has 4 heterocycles. The quantitative estimate of drug-likeness (QED) is 0.349. The molecule has 4 atom stereocenters. The van der Waals surface area contributed by atoms with Crippen LogP contribution in [-0.2, 0) is 29.8 Å². The lowest BCUT2D eigenvalue weighted by Gasteiger charge is -2.44. The van der Waals surface area contributed by atoms with Gasteiger partial charge in [-0.1, -0.05) is 0 Å². The third-order valence-electron chi connectivity index (χ3n) is 8.43. The van der Waals surface area contributed by atoms with Gasteiger partial charge < -0.3 is 29.2 Å². The monoisotopic (exact) mass is 667 g/mol. The van der Waals surface area contributed by atoms with Crippen molar-refractivity contribution in [3.05, 3.63) is 64.0 Å². The Bertz CT molecular complexity index is 1500. The molecule has 3 aromatic rings. The van der Waals surface area contributed by atoms with Gasteiger partial charge in [0.05, 0.1) is 36.5 Å². The molecule has 1 N–H and O–H groups in total. The van der Waals surface area contributed by atoms with Crippen molar-refractivity contribution in [1.82, 2.24) is 19.4 Å². The van der Waals surface area contributed by atoms with E-state index in [0.29, 0.717) is 54.3 Å². The van der Waals surface area contributed by atoms with E-state index in [0.717, 1.165) is 18.8 Å². The lowest BCUT2D eigenvalue weighted by Crippen LogP contribution is -2.55. The summed E-state index contributed by atoms with van der Waals surface area (Å²) >= 11 is 0. The first kappa shape index (κ1) is 39.1. The number of halogens is 4. The highest BCUT2D eigenvalue weighted by atomic mass is 19.1. The molecule has 10 nitrogen and oxygen atoms in total. The fourth-order valence-electron chi connectivity index (χ4n) is 5.95. The summed E-state index contributed by atoms with van der Waals surface area (Å²) in [6, 6.07) is 6.94. The van der Waals surface area contributed by atoms with E-state index in [-0.39, 0.29) is 48.3 Å². The molecule has 47 heavy (non-hydrogen) atoms. The zero-order chi connectivity index (χ0) is 34.1. The van der Waals surface area contributed by atoms with Gasteiger partial charge >= 0.3 is 0 Å². The predicted octanol–water partition coefficient (Wildman–Crippen LogP) is 5.00. The summed E-state index contributed by atoms with van der Waals surface area (Å²) in [5.74, 6) is 0.154. The number of anilines is 3. The summed E-state index contributed by atoms with van der Waals surface area (Å²) in [7, 11) is 4.25. The van der Waals surface area contributed by atoms with Crippen molar-refractivity contribution in [3.8, 4) is 11.3 Å². The Kier molecular flexibility index (Phi) is 14.8. The summed E-state index contributed by atoms with van der Waals surface area (Å²) in [4.78, 5) is 35.9. The molecule has 14 heteroatoms. The fraction of sp³-hybridized carbons (Fsp3) is 0.515. The number of likely N-dealkylation sites (N-methyl/N-ethyl adjacent to an activating group) is 1. The number of nitrogens with zero attached hydrogens (tertiary/aromatic N) is 6. The summed E-state index contributed by atoms with van der Waals surface area (Å²) in [6.45, 7) is 12.6. The molecule has 2 saturated heterocycles. The number of carbonyl (C=O) groups excluding carboxylic acids is 1. The molecule has 0 bridgehead atoms. The highest BCUT2D eigenvalue weighted by Crippen LogP contribution is 2.36. The molecule has 0 spiro atoms. The molecule has 5 rings (SSSR count). The third kappa shape index (κ3) is 9.28. The average Bonchev–Trinajstić information content (AvgIpc) is 3.05. The fourth-order valence-corrected chi connectivity index (χ4v) is 5.95. The van der Waals surface area contributed by atoms with Crippen LogP contribution < -0.4 is 20.7 Å². The molecule has 262 valence electrons. The van der Waals surface area contributed by atoms with E-state index in [1.54, 1.807) is 37.6 Å². The van der Waals surface area contributed by atoms with Crippen molar-refractivity contribution in [2.45, 2.75) is 65.2 Å². The van der Waals surface area contributed by atoms with Gasteiger partial charge in [-0.05, 0) is 64.1 Å². The molecular weight excluding hydrogens is 618 g/mol. The van der Waals surface area contributed by atoms with Crippen LogP contribution in [0, 0.1) is 5.82 Å². The van der Waals surface area contributed by atoms with Gasteiger partial charge in [-0.25, -0.2) is 18.7 Å². The van der Waals surface area contributed by atoms with E-state index in [2.05, 4.69) is 45.9 Å². The maximum atomic E-state index is 16.0. The van der Waals surface area contributed by atoms with Gasteiger partial charge in [0.2, 0.25) is 5.95 Å².